The fourth-order valence-electron chi connectivity index (χ4n) is 2.34. The van der Waals surface area contributed by atoms with Gasteiger partial charge in [-0.2, -0.15) is 0 Å². The number of carbonyl (C=O) groups is 3. The first kappa shape index (κ1) is 18.0. The number of amides is 3. The Hall–Kier alpha value is -2.81. The van der Waals surface area contributed by atoms with E-state index in [9.17, 15) is 27.6 Å². The van der Waals surface area contributed by atoms with Crippen molar-refractivity contribution in [3.8, 4) is 0 Å². The third-order valence-corrected chi connectivity index (χ3v) is 4.51. The lowest BCUT2D eigenvalue weighted by Gasteiger charge is -2.13. The molecular weight excluding hydrogens is 369 g/mol. The van der Waals surface area contributed by atoms with Crippen molar-refractivity contribution in [2.75, 3.05) is 11.1 Å². The Morgan fingerprint density at radius 2 is 1.88 bits per heavy atom. The summed E-state index contributed by atoms with van der Waals surface area (Å²) in [6.07, 6.45) is 0. The molecule has 1 aliphatic rings. The number of benzene rings is 2. The van der Waals surface area contributed by atoms with E-state index in [1.165, 1.54) is 18.2 Å². The maximum atomic E-state index is 13.7. The van der Waals surface area contributed by atoms with Gasteiger partial charge in [0, 0.05) is 5.56 Å². The minimum Gasteiger partial charge on any atom is -0.319 e. The number of hydrogen-bond donors (Lipinski definition) is 1. The van der Waals surface area contributed by atoms with Crippen LogP contribution in [0.1, 0.15) is 15.9 Å². The molecule has 2 aromatic rings. The van der Waals surface area contributed by atoms with Gasteiger partial charge in [0.1, 0.15) is 0 Å². The number of anilines is 1. The molecule has 0 bridgehead atoms. The molecule has 0 radical (unpaired) electrons. The minimum absolute atomic E-state index is 0.00528. The summed E-state index contributed by atoms with van der Waals surface area (Å²) in [5, 5.41) is 1.79. The number of thioether (sulfide) groups is 1. The van der Waals surface area contributed by atoms with Gasteiger partial charge < -0.3 is 5.32 Å². The number of rotatable bonds is 4. The van der Waals surface area contributed by atoms with Gasteiger partial charge >= 0.3 is 0 Å². The molecule has 26 heavy (non-hydrogen) atoms. The first-order valence-electron chi connectivity index (χ1n) is 7.37. The lowest BCUT2D eigenvalue weighted by atomic mass is 10.1. The third-order valence-electron chi connectivity index (χ3n) is 3.65. The molecule has 1 saturated heterocycles. The molecule has 1 aliphatic heterocycles. The lowest BCUT2D eigenvalue weighted by Crippen LogP contribution is -2.28. The Kier molecular flexibility index (Phi) is 4.99. The normalized spacial score (nSPS) is 14.0. The van der Waals surface area contributed by atoms with Crippen LogP contribution in [0.2, 0.25) is 0 Å². The number of nitrogens with one attached hydrogen (secondary N) is 1. The number of nitrogens with zero attached hydrogens (tertiary/aromatic N) is 1. The van der Waals surface area contributed by atoms with Gasteiger partial charge in [-0.1, -0.05) is 23.9 Å². The van der Waals surface area contributed by atoms with Crippen LogP contribution in [-0.4, -0.2) is 27.7 Å². The standard InChI is InChI=1S/C17H11F3N2O3S/c18-11-4-5-12(15(20)14(11)19)21-16(24)10-3-1-2-9(6-10)7-22-13(23)8-26-17(22)25/h1-6H,7-8H2,(H,21,24). The van der Waals surface area contributed by atoms with Crippen LogP contribution in [0.15, 0.2) is 36.4 Å². The zero-order chi connectivity index (χ0) is 18.8. The van der Waals surface area contributed by atoms with E-state index in [0.29, 0.717) is 11.6 Å². The molecule has 1 N–H and O–H groups in total. The van der Waals surface area contributed by atoms with Crippen LogP contribution in [0, 0.1) is 17.5 Å². The Morgan fingerprint density at radius 1 is 1.12 bits per heavy atom. The molecular formula is C17H11F3N2O3S. The topological polar surface area (TPSA) is 66.5 Å². The minimum atomic E-state index is -1.68. The summed E-state index contributed by atoms with van der Waals surface area (Å²) < 4.78 is 39.8. The summed E-state index contributed by atoms with van der Waals surface area (Å²) >= 11 is 0.899. The van der Waals surface area contributed by atoms with Crippen LogP contribution in [0.25, 0.3) is 0 Å². The first-order valence-corrected chi connectivity index (χ1v) is 8.36. The molecule has 5 nitrogen and oxygen atoms in total. The van der Waals surface area contributed by atoms with Crippen LogP contribution in [0.3, 0.4) is 0 Å². The predicted molar refractivity (Wildman–Crippen MR) is 89.1 cm³/mol. The number of hydrogen-bond acceptors (Lipinski definition) is 4. The smallest absolute Gasteiger partial charge is 0.289 e. The summed E-state index contributed by atoms with van der Waals surface area (Å²) in [6.45, 7) is 0.00528. The van der Waals surface area contributed by atoms with Crippen molar-refractivity contribution in [1.29, 1.82) is 0 Å². The van der Waals surface area contributed by atoms with Crippen LogP contribution in [0.5, 0.6) is 0 Å². The molecule has 0 unspecified atom stereocenters. The molecule has 1 fully saturated rings. The van der Waals surface area contributed by atoms with Crippen LogP contribution >= 0.6 is 11.8 Å². The Morgan fingerprint density at radius 3 is 2.58 bits per heavy atom. The summed E-state index contributed by atoms with van der Waals surface area (Å²) in [5.41, 5.74) is 0.131. The quantitative estimate of drug-likeness (QED) is 0.824. The Labute approximate surface area is 150 Å². The van der Waals surface area contributed by atoms with E-state index >= 15 is 0 Å². The van der Waals surface area contributed by atoms with E-state index in [1.807, 2.05) is 0 Å². The van der Waals surface area contributed by atoms with Gasteiger partial charge in [-0.3, -0.25) is 19.3 Å². The molecule has 2 aromatic carbocycles. The van der Waals surface area contributed by atoms with E-state index in [1.54, 1.807) is 6.07 Å². The van der Waals surface area contributed by atoms with Crippen LogP contribution in [-0.2, 0) is 11.3 Å². The average molecular weight is 380 g/mol. The summed E-state index contributed by atoms with van der Waals surface area (Å²) in [7, 11) is 0. The second-order valence-corrected chi connectivity index (χ2v) is 6.34. The van der Waals surface area contributed by atoms with Crippen LogP contribution < -0.4 is 5.32 Å². The van der Waals surface area contributed by atoms with E-state index in [-0.39, 0.29) is 29.0 Å². The summed E-state index contributed by atoms with van der Waals surface area (Å²) in [4.78, 5) is 36.6. The van der Waals surface area contributed by atoms with Gasteiger partial charge in [0.05, 0.1) is 18.0 Å². The highest BCUT2D eigenvalue weighted by Crippen LogP contribution is 2.23. The van der Waals surface area contributed by atoms with Crippen molar-refractivity contribution in [1.82, 2.24) is 4.90 Å². The molecule has 1 heterocycles. The van der Waals surface area contributed by atoms with E-state index in [0.717, 1.165) is 22.7 Å². The Bertz CT molecular complexity index is 904. The zero-order valence-corrected chi connectivity index (χ0v) is 13.9. The number of imide groups is 1. The second-order valence-electron chi connectivity index (χ2n) is 5.41. The number of halogens is 3. The highest BCUT2D eigenvalue weighted by atomic mass is 32.2. The Balaban J connectivity index is 1.77. The molecule has 0 saturated carbocycles. The largest absolute Gasteiger partial charge is 0.319 e. The van der Waals surface area contributed by atoms with E-state index in [2.05, 4.69) is 5.32 Å². The maximum absolute atomic E-state index is 13.7. The molecule has 0 aromatic heterocycles. The molecule has 3 amide bonds. The fraction of sp³-hybridized carbons (Fsp3) is 0.118. The predicted octanol–water partition coefficient (Wildman–Crippen LogP) is 3.55. The van der Waals surface area contributed by atoms with Crippen molar-refractivity contribution >= 4 is 34.5 Å². The lowest BCUT2D eigenvalue weighted by molar-refractivity contribution is -0.125. The van der Waals surface area contributed by atoms with Crippen LogP contribution in [0.4, 0.5) is 23.7 Å². The first-order chi connectivity index (χ1) is 12.4. The van der Waals surface area contributed by atoms with Crippen molar-refractivity contribution in [2.24, 2.45) is 0 Å². The van der Waals surface area contributed by atoms with E-state index < -0.39 is 29.0 Å². The fourth-order valence-corrected chi connectivity index (χ4v) is 3.07. The van der Waals surface area contributed by atoms with Gasteiger partial charge in [0.15, 0.2) is 17.5 Å². The SMILES string of the molecule is O=C(Nc1ccc(F)c(F)c1F)c1cccc(CN2C(=O)CSC2=O)c1. The van der Waals surface area contributed by atoms with Gasteiger partial charge in [-0.05, 0) is 29.8 Å². The van der Waals surface area contributed by atoms with Gasteiger partial charge in [0.2, 0.25) is 5.91 Å². The molecule has 0 spiro atoms. The zero-order valence-electron chi connectivity index (χ0n) is 13.1. The monoisotopic (exact) mass is 380 g/mol. The molecule has 0 atom stereocenters. The summed E-state index contributed by atoms with van der Waals surface area (Å²) in [5.74, 6) is -5.53. The van der Waals surface area contributed by atoms with Gasteiger partial charge in [0.25, 0.3) is 11.1 Å². The van der Waals surface area contributed by atoms with Crippen molar-refractivity contribution in [2.45, 2.75) is 6.54 Å². The number of carbonyl (C=O) groups excluding carboxylic acids is 3. The molecule has 0 aliphatic carbocycles. The van der Waals surface area contributed by atoms with Gasteiger partial charge in [-0.15, -0.1) is 0 Å². The van der Waals surface area contributed by atoms with Gasteiger partial charge in [-0.25, -0.2) is 13.2 Å². The van der Waals surface area contributed by atoms with Crippen molar-refractivity contribution in [3.05, 3.63) is 65.0 Å². The highest BCUT2D eigenvalue weighted by molar-refractivity contribution is 8.14. The van der Waals surface area contributed by atoms with E-state index in [4.69, 9.17) is 0 Å². The molecule has 3 rings (SSSR count). The second kappa shape index (κ2) is 7.20. The average Bonchev–Trinajstić information content (AvgIpc) is 2.94. The highest BCUT2D eigenvalue weighted by Gasteiger charge is 2.29. The third kappa shape index (κ3) is 3.57. The van der Waals surface area contributed by atoms with Crippen molar-refractivity contribution in [3.63, 3.8) is 0 Å². The maximum Gasteiger partial charge on any atom is 0.289 e. The molecule has 134 valence electrons. The molecule has 9 heteroatoms. The van der Waals surface area contributed by atoms with Crippen molar-refractivity contribution < 1.29 is 27.6 Å². The summed E-state index contributed by atoms with van der Waals surface area (Å²) in [6, 6.07) is 7.62.